The standard InChI is InChI=1S/C21H29N5O/c1-16(2)20-13-25(10-4-9-24(20)12-17-7-8-17)21(27)18-5-3-6-19(11-18)26-14-22-23-15-26/h3,5-6,11,14-17,20H,4,7-10,12-13H2,1-2H3. The Morgan fingerprint density at radius 2 is 1.96 bits per heavy atom. The molecular weight excluding hydrogens is 338 g/mol. The zero-order valence-electron chi connectivity index (χ0n) is 16.3. The maximum Gasteiger partial charge on any atom is 0.253 e. The molecule has 2 aliphatic rings. The molecule has 1 unspecified atom stereocenters. The monoisotopic (exact) mass is 367 g/mol. The quantitative estimate of drug-likeness (QED) is 0.815. The predicted octanol–water partition coefficient (Wildman–Crippen LogP) is 2.85. The van der Waals surface area contributed by atoms with E-state index in [1.165, 1.54) is 19.4 Å². The topological polar surface area (TPSA) is 54.3 Å². The Hall–Kier alpha value is -2.21. The third-order valence-corrected chi connectivity index (χ3v) is 5.81. The van der Waals surface area contributed by atoms with E-state index in [0.717, 1.165) is 43.2 Å². The number of hydrogen-bond acceptors (Lipinski definition) is 4. The van der Waals surface area contributed by atoms with E-state index in [-0.39, 0.29) is 5.91 Å². The molecule has 0 bridgehead atoms. The minimum absolute atomic E-state index is 0.129. The van der Waals surface area contributed by atoms with Gasteiger partial charge in [0.1, 0.15) is 12.7 Å². The molecule has 1 saturated carbocycles. The first-order chi connectivity index (χ1) is 13.1. The van der Waals surface area contributed by atoms with Gasteiger partial charge in [-0.25, -0.2) is 0 Å². The summed E-state index contributed by atoms with van der Waals surface area (Å²) in [5, 5.41) is 7.71. The average Bonchev–Trinajstić information content (AvgIpc) is 3.37. The fraction of sp³-hybridized carbons (Fsp3) is 0.571. The molecule has 6 nitrogen and oxygen atoms in total. The Bertz CT molecular complexity index is 769. The highest BCUT2D eigenvalue weighted by Crippen LogP contribution is 2.32. The highest BCUT2D eigenvalue weighted by molar-refractivity contribution is 5.94. The summed E-state index contributed by atoms with van der Waals surface area (Å²) in [4.78, 5) is 18.0. The Balaban J connectivity index is 1.51. The van der Waals surface area contributed by atoms with E-state index in [9.17, 15) is 4.79 Å². The largest absolute Gasteiger partial charge is 0.337 e. The van der Waals surface area contributed by atoms with Crippen LogP contribution in [0.15, 0.2) is 36.9 Å². The van der Waals surface area contributed by atoms with Crippen LogP contribution in [0.3, 0.4) is 0 Å². The van der Waals surface area contributed by atoms with Crippen molar-refractivity contribution < 1.29 is 4.79 Å². The number of hydrogen-bond donors (Lipinski definition) is 0. The number of rotatable bonds is 5. The van der Waals surface area contributed by atoms with E-state index < -0.39 is 0 Å². The second kappa shape index (κ2) is 7.80. The lowest BCUT2D eigenvalue weighted by molar-refractivity contribution is 0.0704. The van der Waals surface area contributed by atoms with Gasteiger partial charge in [-0.1, -0.05) is 19.9 Å². The van der Waals surface area contributed by atoms with Crippen LogP contribution in [0.5, 0.6) is 0 Å². The van der Waals surface area contributed by atoms with Gasteiger partial charge < -0.3 is 4.90 Å². The summed E-state index contributed by atoms with van der Waals surface area (Å²) >= 11 is 0. The molecule has 6 heteroatoms. The molecule has 0 spiro atoms. The molecule has 1 atom stereocenters. The molecular formula is C21H29N5O. The zero-order valence-corrected chi connectivity index (χ0v) is 16.3. The van der Waals surface area contributed by atoms with Crippen molar-refractivity contribution in [2.75, 3.05) is 26.2 Å². The second-order valence-electron chi connectivity index (χ2n) is 8.27. The third kappa shape index (κ3) is 4.21. The Labute approximate surface area is 161 Å². The van der Waals surface area contributed by atoms with Crippen molar-refractivity contribution in [3.05, 3.63) is 42.5 Å². The molecule has 2 aromatic rings. The van der Waals surface area contributed by atoms with Crippen molar-refractivity contribution in [3.8, 4) is 5.69 Å². The highest BCUT2D eigenvalue weighted by atomic mass is 16.2. The predicted molar refractivity (Wildman–Crippen MR) is 105 cm³/mol. The van der Waals surface area contributed by atoms with Crippen molar-refractivity contribution in [1.29, 1.82) is 0 Å². The van der Waals surface area contributed by atoms with Gasteiger partial charge in [0.25, 0.3) is 5.91 Å². The molecule has 0 N–H and O–H groups in total. The third-order valence-electron chi connectivity index (χ3n) is 5.81. The molecule has 1 aliphatic heterocycles. The number of benzene rings is 1. The first-order valence-corrected chi connectivity index (χ1v) is 10.1. The highest BCUT2D eigenvalue weighted by Gasteiger charge is 2.33. The SMILES string of the molecule is CC(C)C1CN(C(=O)c2cccc(-n3cnnc3)c2)CCCN1CC1CC1. The lowest BCUT2D eigenvalue weighted by atomic mass is 10.0. The molecule has 0 radical (unpaired) electrons. The van der Waals surface area contributed by atoms with Crippen LogP contribution < -0.4 is 0 Å². The summed E-state index contributed by atoms with van der Waals surface area (Å²) in [7, 11) is 0. The number of nitrogens with zero attached hydrogens (tertiary/aromatic N) is 5. The molecule has 1 aromatic heterocycles. The van der Waals surface area contributed by atoms with Crippen LogP contribution in [-0.4, -0.2) is 62.7 Å². The van der Waals surface area contributed by atoms with Crippen LogP contribution in [0.4, 0.5) is 0 Å². The van der Waals surface area contributed by atoms with Crippen LogP contribution >= 0.6 is 0 Å². The van der Waals surface area contributed by atoms with Crippen molar-refractivity contribution in [2.24, 2.45) is 11.8 Å². The lowest BCUT2D eigenvalue weighted by Gasteiger charge is -2.34. The van der Waals surface area contributed by atoms with E-state index in [4.69, 9.17) is 0 Å². The molecule has 4 rings (SSSR count). The fourth-order valence-corrected chi connectivity index (χ4v) is 4.05. The first-order valence-electron chi connectivity index (χ1n) is 10.1. The van der Waals surface area contributed by atoms with Crippen LogP contribution in [0.2, 0.25) is 0 Å². The van der Waals surface area contributed by atoms with E-state index in [2.05, 4.69) is 33.8 Å². The van der Waals surface area contributed by atoms with Gasteiger partial charge >= 0.3 is 0 Å². The Morgan fingerprint density at radius 3 is 2.67 bits per heavy atom. The van der Waals surface area contributed by atoms with Crippen LogP contribution in [0, 0.1) is 11.8 Å². The smallest absolute Gasteiger partial charge is 0.253 e. The maximum absolute atomic E-state index is 13.3. The second-order valence-corrected chi connectivity index (χ2v) is 8.27. The molecule has 2 heterocycles. The number of carbonyl (C=O) groups excluding carboxylic acids is 1. The number of carbonyl (C=O) groups is 1. The minimum atomic E-state index is 0.129. The van der Waals surface area contributed by atoms with Gasteiger partial charge in [0.2, 0.25) is 0 Å². The van der Waals surface area contributed by atoms with Gasteiger partial charge in [-0.05, 0) is 49.3 Å². The van der Waals surface area contributed by atoms with Gasteiger partial charge in [0.05, 0.1) is 0 Å². The van der Waals surface area contributed by atoms with Gasteiger partial charge in [-0.3, -0.25) is 14.3 Å². The van der Waals surface area contributed by atoms with Crippen molar-refractivity contribution in [3.63, 3.8) is 0 Å². The molecule has 144 valence electrons. The summed E-state index contributed by atoms with van der Waals surface area (Å²) < 4.78 is 1.83. The summed E-state index contributed by atoms with van der Waals surface area (Å²) in [6.45, 7) is 8.52. The Morgan fingerprint density at radius 1 is 1.19 bits per heavy atom. The maximum atomic E-state index is 13.3. The minimum Gasteiger partial charge on any atom is -0.337 e. The van der Waals surface area contributed by atoms with Gasteiger partial charge in [-0.2, -0.15) is 0 Å². The molecule has 1 aromatic carbocycles. The van der Waals surface area contributed by atoms with Crippen LogP contribution in [-0.2, 0) is 0 Å². The normalized spacial score (nSPS) is 21.4. The number of amides is 1. The molecule has 27 heavy (non-hydrogen) atoms. The van der Waals surface area contributed by atoms with Crippen LogP contribution in [0.1, 0.15) is 43.5 Å². The lowest BCUT2D eigenvalue weighted by Crippen LogP contribution is -2.46. The summed E-state index contributed by atoms with van der Waals surface area (Å²) in [6.07, 6.45) is 7.10. The van der Waals surface area contributed by atoms with Gasteiger partial charge in [0.15, 0.2) is 0 Å². The van der Waals surface area contributed by atoms with Crippen molar-refractivity contribution in [1.82, 2.24) is 24.6 Å². The van der Waals surface area contributed by atoms with Gasteiger partial charge in [0, 0.05) is 43.5 Å². The van der Waals surface area contributed by atoms with Crippen molar-refractivity contribution in [2.45, 2.75) is 39.2 Å². The molecule has 2 fully saturated rings. The van der Waals surface area contributed by atoms with Crippen LogP contribution in [0.25, 0.3) is 5.69 Å². The van der Waals surface area contributed by atoms with E-state index in [1.807, 2.05) is 28.8 Å². The van der Waals surface area contributed by atoms with E-state index in [1.54, 1.807) is 12.7 Å². The fourth-order valence-electron chi connectivity index (χ4n) is 4.05. The first kappa shape index (κ1) is 18.2. The summed E-state index contributed by atoms with van der Waals surface area (Å²) in [5.41, 5.74) is 1.65. The van der Waals surface area contributed by atoms with E-state index >= 15 is 0 Å². The van der Waals surface area contributed by atoms with Crippen molar-refractivity contribution >= 4 is 5.91 Å². The summed E-state index contributed by atoms with van der Waals surface area (Å²) in [5.74, 6) is 1.55. The Kier molecular flexibility index (Phi) is 5.25. The molecule has 1 amide bonds. The van der Waals surface area contributed by atoms with E-state index in [0.29, 0.717) is 12.0 Å². The molecule has 1 aliphatic carbocycles. The zero-order chi connectivity index (χ0) is 18.8. The van der Waals surface area contributed by atoms with Gasteiger partial charge in [-0.15, -0.1) is 10.2 Å². The molecule has 1 saturated heterocycles. The summed E-state index contributed by atoms with van der Waals surface area (Å²) in [6, 6.07) is 8.19. The number of aromatic nitrogens is 3. The average molecular weight is 367 g/mol.